The van der Waals surface area contributed by atoms with Gasteiger partial charge in [0.25, 0.3) is 0 Å². The molecule has 8 nitrogen and oxygen atoms in total. The summed E-state index contributed by atoms with van der Waals surface area (Å²) >= 11 is 5.95. The van der Waals surface area contributed by atoms with Crippen LogP contribution in [0.3, 0.4) is 0 Å². The van der Waals surface area contributed by atoms with Crippen LogP contribution in [-0.4, -0.2) is 29.7 Å². The minimum absolute atomic E-state index is 0.0371. The molecule has 0 bridgehead atoms. The van der Waals surface area contributed by atoms with Crippen LogP contribution in [0.5, 0.6) is 0 Å². The quantitative estimate of drug-likeness (QED) is 0.468. The van der Waals surface area contributed by atoms with Crippen LogP contribution in [0, 0.1) is 5.82 Å². The molecule has 5 rings (SSSR count). The molecule has 0 aliphatic rings. The van der Waals surface area contributed by atoms with Gasteiger partial charge in [0.05, 0.1) is 11.4 Å². The first-order valence-electron chi connectivity index (χ1n) is 9.27. The molecule has 3 aromatic heterocycles. The molecule has 0 radical (unpaired) electrons. The van der Waals surface area contributed by atoms with Gasteiger partial charge in [0.2, 0.25) is 5.91 Å². The molecule has 0 saturated heterocycles. The molecule has 0 saturated carbocycles. The molecular formula is C21H14ClFN6O2. The Hall–Kier alpha value is -3.98. The van der Waals surface area contributed by atoms with Crippen molar-refractivity contribution in [2.75, 3.05) is 5.32 Å². The Morgan fingerprint density at radius 1 is 1.06 bits per heavy atom. The molecule has 31 heavy (non-hydrogen) atoms. The fourth-order valence-electron chi connectivity index (χ4n) is 3.29. The van der Waals surface area contributed by atoms with Gasteiger partial charge in [-0.3, -0.25) is 4.79 Å². The summed E-state index contributed by atoms with van der Waals surface area (Å²) in [6.07, 6.45) is 3.16. The second kappa shape index (κ2) is 7.37. The normalized spacial score (nSPS) is 11.3. The zero-order valence-electron chi connectivity index (χ0n) is 15.9. The van der Waals surface area contributed by atoms with E-state index in [-0.39, 0.29) is 12.2 Å². The monoisotopic (exact) mass is 436 g/mol. The SMILES string of the molecule is O=C(Cn1nc2c3cc(-c4ccc(Cl)cc4)nn3ccn2c1=O)Nc1ccccc1F. The fourth-order valence-corrected chi connectivity index (χ4v) is 3.41. The van der Waals surface area contributed by atoms with E-state index in [1.54, 1.807) is 35.0 Å². The average Bonchev–Trinajstić information content (AvgIpc) is 3.32. The Morgan fingerprint density at radius 2 is 1.84 bits per heavy atom. The number of hydrogen-bond acceptors (Lipinski definition) is 4. The van der Waals surface area contributed by atoms with Gasteiger partial charge >= 0.3 is 5.69 Å². The minimum atomic E-state index is -0.568. The van der Waals surface area contributed by atoms with Gasteiger partial charge in [-0.05, 0) is 30.3 Å². The molecule has 2 aromatic carbocycles. The van der Waals surface area contributed by atoms with E-state index in [4.69, 9.17) is 11.6 Å². The molecule has 0 atom stereocenters. The molecule has 0 fully saturated rings. The highest BCUT2D eigenvalue weighted by Gasteiger charge is 2.16. The molecule has 0 aliphatic heterocycles. The fraction of sp³-hybridized carbons (Fsp3) is 0.0476. The second-order valence-corrected chi connectivity index (χ2v) is 7.26. The lowest BCUT2D eigenvalue weighted by Gasteiger charge is -2.05. The Kier molecular flexibility index (Phi) is 4.52. The molecular weight excluding hydrogens is 423 g/mol. The third kappa shape index (κ3) is 3.44. The number of carbonyl (C=O) groups is 1. The number of aromatic nitrogens is 5. The number of nitrogens with zero attached hydrogens (tertiary/aromatic N) is 5. The van der Waals surface area contributed by atoms with Gasteiger partial charge in [-0.25, -0.2) is 22.8 Å². The summed E-state index contributed by atoms with van der Waals surface area (Å²) in [5, 5.41) is 11.9. The first-order valence-corrected chi connectivity index (χ1v) is 9.65. The van der Waals surface area contributed by atoms with Crippen LogP contribution in [0.2, 0.25) is 5.02 Å². The van der Waals surface area contributed by atoms with Gasteiger partial charge in [0.1, 0.15) is 17.9 Å². The van der Waals surface area contributed by atoms with Crippen molar-refractivity contribution in [3.05, 3.63) is 88.3 Å². The van der Waals surface area contributed by atoms with Crippen LogP contribution in [-0.2, 0) is 11.3 Å². The van der Waals surface area contributed by atoms with Crippen molar-refractivity contribution in [2.45, 2.75) is 6.54 Å². The zero-order chi connectivity index (χ0) is 21.5. The maximum Gasteiger partial charge on any atom is 0.350 e. The molecule has 10 heteroatoms. The number of benzene rings is 2. The summed E-state index contributed by atoms with van der Waals surface area (Å²) in [7, 11) is 0. The number of nitrogens with one attached hydrogen (secondary N) is 1. The number of amides is 1. The lowest BCUT2D eigenvalue weighted by molar-refractivity contribution is -0.117. The van der Waals surface area contributed by atoms with Crippen molar-refractivity contribution < 1.29 is 9.18 Å². The maximum atomic E-state index is 13.8. The topological polar surface area (TPSA) is 85.7 Å². The van der Waals surface area contributed by atoms with E-state index in [1.165, 1.54) is 28.8 Å². The molecule has 0 spiro atoms. The van der Waals surface area contributed by atoms with Crippen LogP contribution in [0.15, 0.2) is 71.8 Å². The predicted octanol–water partition coefficient (Wildman–Crippen LogP) is 3.24. The molecule has 0 aliphatic carbocycles. The van der Waals surface area contributed by atoms with E-state index < -0.39 is 17.4 Å². The van der Waals surface area contributed by atoms with E-state index in [2.05, 4.69) is 15.5 Å². The highest BCUT2D eigenvalue weighted by Crippen LogP contribution is 2.23. The lowest BCUT2D eigenvalue weighted by atomic mass is 10.1. The third-order valence-electron chi connectivity index (χ3n) is 4.77. The average molecular weight is 437 g/mol. The predicted molar refractivity (Wildman–Crippen MR) is 114 cm³/mol. The van der Waals surface area contributed by atoms with Crippen LogP contribution in [0.25, 0.3) is 22.4 Å². The molecule has 3 heterocycles. The van der Waals surface area contributed by atoms with Crippen LogP contribution in [0.4, 0.5) is 10.1 Å². The van der Waals surface area contributed by atoms with E-state index >= 15 is 0 Å². The number of rotatable bonds is 4. The van der Waals surface area contributed by atoms with E-state index in [0.29, 0.717) is 21.9 Å². The highest BCUT2D eigenvalue weighted by atomic mass is 35.5. The smallest absolute Gasteiger partial charge is 0.322 e. The summed E-state index contributed by atoms with van der Waals surface area (Å²) in [5.74, 6) is -1.13. The first-order chi connectivity index (χ1) is 15.0. The van der Waals surface area contributed by atoms with E-state index in [1.807, 2.05) is 12.1 Å². The van der Waals surface area contributed by atoms with Crippen molar-refractivity contribution in [1.29, 1.82) is 0 Å². The Morgan fingerprint density at radius 3 is 2.61 bits per heavy atom. The van der Waals surface area contributed by atoms with Crippen molar-refractivity contribution >= 4 is 34.4 Å². The number of carbonyl (C=O) groups excluding carboxylic acids is 1. The molecule has 0 unspecified atom stereocenters. The Balaban J connectivity index is 1.50. The number of fused-ring (bicyclic) bond motifs is 3. The van der Waals surface area contributed by atoms with Crippen LogP contribution >= 0.6 is 11.6 Å². The van der Waals surface area contributed by atoms with Gasteiger partial charge in [0, 0.05) is 23.0 Å². The summed E-state index contributed by atoms with van der Waals surface area (Å²) in [5.41, 5.74) is 2.03. The molecule has 1 N–H and O–H groups in total. The third-order valence-corrected chi connectivity index (χ3v) is 5.03. The largest absolute Gasteiger partial charge is 0.350 e. The van der Waals surface area contributed by atoms with E-state index in [0.717, 1.165) is 10.2 Å². The minimum Gasteiger partial charge on any atom is -0.322 e. The van der Waals surface area contributed by atoms with Crippen molar-refractivity contribution in [1.82, 2.24) is 23.8 Å². The number of anilines is 1. The summed E-state index contributed by atoms with van der Waals surface area (Å²) in [4.78, 5) is 25.0. The van der Waals surface area contributed by atoms with Crippen molar-refractivity contribution in [3.8, 4) is 11.3 Å². The van der Waals surface area contributed by atoms with Crippen LogP contribution in [0.1, 0.15) is 0 Å². The number of hydrogen-bond donors (Lipinski definition) is 1. The Bertz CT molecular complexity index is 1500. The second-order valence-electron chi connectivity index (χ2n) is 6.83. The molecule has 5 aromatic rings. The molecule has 1 amide bonds. The maximum absolute atomic E-state index is 13.8. The molecule has 154 valence electrons. The van der Waals surface area contributed by atoms with Crippen molar-refractivity contribution in [2.24, 2.45) is 0 Å². The van der Waals surface area contributed by atoms with Gasteiger partial charge in [-0.15, -0.1) is 5.10 Å². The van der Waals surface area contributed by atoms with Crippen molar-refractivity contribution in [3.63, 3.8) is 0 Å². The van der Waals surface area contributed by atoms with Gasteiger partial charge in [-0.2, -0.15) is 5.10 Å². The lowest BCUT2D eigenvalue weighted by Crippen LogP contribution is -2.28. The summed E-state index contributed by atoms with van der Waals surface area (Å²) in [6.45, 7) is -0.362. The van der Waals surface area contributed by atoms with Gasteiger partial charge < -0.3 is 5.32 Å². The van der Waals surface area contributed by atoms with Crippen LogP contribution < -0.4 is 11.0 Å². The summed E-state index contributed by atoms with van der Waals surface area (Å²) in [6, 6.07) is 14.8. The van der Waals surface area contributed by atoms with Gasteiger partial charge in [0.15, 0.2) is 5.65 Å². The van der Waals surface area contributed by atoms with E-state index in [9.17, 15) is 14.0 Å². The summed E-state index contributed by atoms with van der Waals surface area (Å²) < 4.78 is 17.7. The highest BCUT2D eigenvalue weighted by molar-refractivity contribution is 6.30. The first kappa shape index (κ1) is 19.0. The zero-order valence-corrected chi connectivity index (χ0v) is 16.6. The van der Waals surface area contributed by atoms with Gasteiger partial charge in [-0.1, -0.05) is 35.9 Å². The Labute approximate surface area is 179 Å². The number of para-hydroxylation sites is 1. The standard InChI is InChI=1S/C21H14ClFN6O2/c22-14-7-5-13(6-8-14)17-11-18-20-26-29(21(31)27(20)9-10-28(18)25-17)12-19(30)24-16-4-2-1-3-15(16)23/h1-11H,12H2,(H,24,30). The number of halogens is 2.